The maximum absolute atomic E-state index is 12.4. The second-order valence-corrected chi connectivity index (χ2v) is 7.07. The van der Waals surface area contributed by atoms with E-state index in [9.17, 15) is 4.79 Å². The van der Waals surface area contributed by atoms with Crippen LogP contribution in [0.2, 0.25) is 0 Å². The van der Waals surface area contributed by atoms with Crippen molar-refractivity contribution in [3.8, 4) is 0 Å². The SMILES string of the molecule is CC1CCN(C(=O)C2CC2)CC1N(C)c1ccnc2[nH]ccc12. The lowest BCUT2D eigenvalue weighted by Crippen LogP contribution is -2.53. The number of nitrogens with one attached hydrogen (secondary N) is 1. The van der Waals surface area contributed by atoms with E-state index >= 15 is 0 Å². The Kier molecular flexibility index (Phi) is 3.51. The Bertz CT molecular complexity index is 721. The summed E-state index contributed by atoms with van der Waals surface area (Å²) in [6.45, 7) is 4.05. The molecule has 5 nitrogen and oxygen atoms in total. The number of pyridine rings is 1. The molecule has 4 rings (SSSR count). The lowest BCUT2D eigenvalue weighted by atomic mass is 9.91. The monoisotopic (exact) mass is 312 g/mol. The molecule has 122 valence electrons. The van der Waals surface area contributed by atoms with Gasteiger partial charge in [0, 0.05) is 55.6 Å². The van der Waals surface area contributed by atoms with Crippen molar-refractivity contribution < 1.29 is 4.79 Å². The molecule has 0 aromatic carbocycles. The largest absolute Gasteiger partial charge is 0.369 e. The number of aromatic amines is 1. The van der Waals surface area contributed by atoms with E-state index in [2.05, 4.69) is 45.9 Å². The molecule has 2 atom stereocenters. The summed E-state index contributed by atoms with van der Waals surface area (Å²) >= 11 is 0. The molecule has 2 fully saturated rings. The normalized spacial score (nSPS) is 24.9. The van der Waals surface area contributed by atoms with Gasteiger partial charge in [-0.3, -0.25) is 4.79 Å². The van der Waals surface area contributed by atoms with Gasteiger partial charge in [0.25, 0.3) is 0 Å². The maximum Gasteiger partial charge on any atom is 0.225 e. The van der Waals surface area contributed by atoms with Gasteiger partial charge in [-0.05, 0) is 37.3 Å². The zero-order valence-corrected chi connectivity index (χ0v) is 13.8. The molecule has 2 aromatic heterocycles. The Balaban J connectivity index is 1.59. The molecule has 1 aliphatic heterocycles. The van der Waals surface area contributed by atoms with Crippen LogP contribution in [0, 0.1) is 11.8 Å². The minimum absolute atomic E-state index is 0.312. The van der Waals surface area contributed by atoms with E-state index in [1.807, 2.05) is 12.4 Å². The van der Waals surface area contributed by atoms with Crippen LogP contribution in [0.3, 0.4) is 0 Å². The van der Waals surface area contributed by atoms with Crippen molar-refractivity contribution in [2.75, 3.05) is 25.0 Å². The summed E-state index contributed by atoms with van der Waals surface area (Å²) < 4.78 is 0. The molecule has 1 saturated heterocycles. The van der Waals surface area contributed by atoms with Crippen molar-refractivity contribution in [2.24, 2.45) is 11.8 Å². The molecule has 1 amide bonds. The number of hydrogen-bond acceptors (Lipinski definition) is 3. The second-order valence-electron chi connectivity index (χ2n) is 7.07. The van der Waals surface area contributed by atoms with Gasteiger partial charge in [-0.1, -0.05) is 6.92 Å². The van der Waals surface area contributed by atoms with Crippen LogP contribution in [-0.2, 0) is 4.79 Å². The minimum atomic E-state index is 0.312. The average molecular weight is 312 g/mol. The number of carbonyl (C=O) groups is 1. The number of hydrogen-bond donors (Lipinski definition) is 1. The first kappa shape index (κ1) is 14.5. The quantitative estimate of drug-likeness (QED) is 0.948. The topological polar surface area (TPSA) is 52.2 Å². The van der Waals surface area contributed by atoms with Crippen LogP contribution in [0.1, 0.15) is 26.2 Å². The molecular weight excluding hydrogens is 288 g/mol. The van der Waals surface area contributed by atoms with Gasteiger partial charge < -0.3 is 14.8 Å². The lowest BCUT2D eigenvalue weighted by molar-refractivity contribution is -0.134. The fourth-order valence-electron chi connectivity index (χ4n) is 3.77. The van der Waals surface area contributed by atoms with Gasteiger partial charge in [-0.15, -0.1) is 0 Å². The lowest BCUT2D eigenvalue weighted by Gasteiger charge is -2.42. The number of anilines is 1. The number of carbonyl (C=O) groups excluding carboxylic acids is 1. The summed E-state index contributed by atoms with van der Waals surface area (Å²) in [6, 6.07) is 4.51. The number of aromatic nitrogens is 2. The van der Waals surface area contributed by atoms with Crippen molar-refractivity contribution in [3.63, 3.8) is 0 Å². The highest BCUT2D eigenvalue weighted by molar-refractivity contribution is 5.89. The van der Waals surface area contributed by atoms with Crippen molar-refractivity contribution in [1.29, 1.82) is 0 Å². The summed E-state index contributed by atoms with van der Waals surface area (Å²) in [7, 11) is 2.15. The molecule has 1 saturated carbocycles. The number of nitrogens with zero attached hydrogens (tertiary/aromatic N) is 3. The number of rotatable bonds is 3. The summed E-state index contributed by atoms with van der Waals surface area (Å²) in [5, 5.41) is 1.15. The highest BCUT2D eigenvalue weighted by Gasteiger charge is 2.38. The van der Waals surface area contributed by atoms with Crippen LogP contribution in [0.4, 0.5) is 5.69 Å². The third-order valence-electron chi connectivity index (χ3n) is 5.47. The highest BCUT2D eigenvalue weighted by atomic mass is 16.2. The molecule has 0 bridgehead atoms. The van der Waals surface area contributed by atoms with Gasteiger partial charge in [-0.2, -0.15) is 0 Å². The number of piperidine rings is 1. The van der Waals surface area contributed by atoms with Crippen molar-refractivity contribution in [3.05, 3.63) is 24.5 Å². The van der Waals surface area contributed by atoms with Gasteiger partial charge in [0.1, 0.15) is 5.65 Å². The number of amides is 1. The molecule has 23 heavy (non-hydrogen) atoms. The van der Waals surface area contributed by atoms with Crippen LogP contribution >= 0.6 is 0 Å². The molecule has 5 heteroatoms. The third-order valence-corrected chi connectivity index (χ3v) is 5.47. The Hall–Kier alpha value is -2.04. The Morgan fingerprint density at radius 1 is 1.35 bits per heavy atom. The zero-order valence-electron chi connectivity index (χ0n) is 13.8. The van der Waals surface area contributed by atoms with Crippen LogP contribution in [-0.4, -0.2) is 47.0 Å². The van der Waals surface area contributed by atoms with Crippen LogP contribution < -0.4 is 4.90 Å². The number of likely N-dealkylation sites (tertiary alicyclic amines) is 1. The molecule has 0 radical (unpaired) electrons. The number of fused-ring (bicyclic) bond motifs is 1. The van der Waals surface area contributed by atoms with E-state index < -0.39 is 0 Å². The van der Waals surface area contributed by atoms with E-state index in [0.717, 1.165) is 43.4 Å². The van der Waals surface area contributed by atoms with Crippen LogP contribution in [0.5, 0.6) is 0 Å². The van der Waals surface area contributed by atoms with Gasteiger partial charge in [-0.25, -0.2) is 4.98 Å². The second kappa shape index (κ2) is 5.55. The van der Waals surface area contributed by atoms with E-state index in [-0.39, 0.29) is 0 Å². The molecule has 2 unspecified atom stereocenters. The fourth-order valence-corrected chi connectivity index (χ4v) is 3.77. The first-order valence-electron chi connectivity index (χ1n) is 8.59. The standard InChI is InChI=1S/C18H24N4O/c1-12-7-10-22(18(23)13-3-4-13)11-16(12)21(2)15-6-9-20-17-14(15)5-8-19-17/h5-6,8-9,12-13,16H,3-4,7,10-11H2,1-2H3,(H,19,20). The van der Waals surface area contributed by atoms with Gasteiger partial charge in [0.05, 0.1) is 0 Å². The molecule has 3 heterocycles. The van der Waals surface area contributed by atoms with Gasteiger partial charge >= 0.3 is 0 Å². The predicted octanol–water partition coefficient (Wildman–Crippen LogP) is 2.65. The summed E-state index contributed by atoms with van der Waals surface area (Å²) in [6.07, 6.45) is 7.03. The van der Waals surface area contributed by atoms with Crippen molar-refractivity contribution >= 4 is 22.6 Å². The Morgan fingerprint density at radius 3 is 2.96 bits per heavy atom. The van der Waals surface area contributed by atoms with Gasteiger partial charge in [0.2, 0.25) is 5.91 Å². The first-order valence-corrected chi connectivity index (χ1v) is 8.59. The predicted molar refractivity (Wildman–Crippen MR) is 91.4 cm³/mol. The van der Waals surface area contributed by atoms with Crippen molar-refractivity contribution in [2.45, 2.75) is 32.2 Å². The summed E-state index contributed by atoms with van der Waals surface area (Å²) in [5.74, 6) is 1.26. The average Bonchev–Trinajstić information content (AvgIpc) is 3.30. The van der Waals surface area contributed by atoms with Crippen LogP contribution in [0.15, 0.2) is 24.5 Å². The first-order chi connectivity index (χ1) is 11.1. The Labute approximate surface area is 136 Å². The van der Waals surface area contributed by atoms with E-state index in [4.69, 9.17) is 0 Å². The molecule has 0 spiro atoms. The minimum Gasteiger partial charge on any atom is -0.369 e. The fraction of sp³-hybridized carbons (Fsp3) is 0.556. The number of likely N-dealkylation sites (N-methyl/N-ethyl adjacent to an activating group) is 1. The smallest absolute Gasteiger partial charge is 0.225 e. The molecular formula is C18H24N4O. The summed E-state index contributed by atoms with van der Waals surface area (Å²) in [4.78, 5) is 24.4. The van der Waals surface area contributed by atoms with Crippen molar-refractivity contribution in [1.82, 2.24) is 14.9 Å². The molecule has 1 N–H and O–H groups in total. The summed E-state index contributed by atoms with van der Waals surface area (Å²) in [5.41, 5.74) is 2.11. The van der Waals surface area contributed by atoms with E-state index in [1.54, 1.807) is 0 Å². The maximum atomic E-state index is 12.4. The van der Waals surface area contributed by atoms with E-state index in [0.29, 0.717) is 23.8 Å². The molecule has 1 aliphatic carbocycles. The molecule has 2 aliphatic rings. The van der Waals surface area contributed by atoms with Gasteiger partial charge in [0.15, 0.2) is 0 Å². The number of H-pyrrole nitrogens is 1. The zero-order chi connectivity index (χ0) is 16.0. The van der Waals surface area contributed by atoms with E-state index in [1.165, 1.54) is 5.69 Å². The Morgan fingerprint density at radius 2 is 2.17 bits per heavy atom. The highest BCUT2D eigenvalue weighted by Crippen LogP contribution is 2.34. The molecule has 2 aromatic rings. The third kappa shape index (κ3) is 2.58. The van der Waals surface area contributed by atoms with Crippen LogP contribution in [0.25, 0.3) is 11.0 Å².